The van der Waals surface area contributed by atoms with Crippen LogP contribution in [0.3, 0.4) is 0 Å². The maximum Gasteiger partial charge on any atom is 0.231 e. The minimum Gasteiger partial charge on any atom is -0.497 e. The number of nitrogens with one attached hydrogen (secondary N) is 2. The third-order valence-electron chi connectivity index (χ3n) is 4.53. The van der Waals surface area contributed by atoms with Gasteiger partial charge in [0.1, 0.15) is 18.1 Å². The average Bonchev–Trinajstić information content (AvgIpc) is 3.22. The van der Waals surface area contributed by atoms with E-state index < -0.39 is 0 Å². The molecule has 6 nitrogen and oxygen atoms in total. The van der Waals surface area contributed by atoms with E-state index in [1.165, 1.54) is 0 Å². The van der Waals surface area contributed by atoms with Crippen molar-refractivity contribution in [2.75, 3.05) is 19.0 Å². The Balaban J connectivity index is 1.43. The third-order valence-corrected chi connectivity index (χ3v) is 4.53. The molecule has 0 saturated carbocycles. The Morgan fingerprint density at radius 3 is 2.81 bits per heavy atom. The normalized spacial score (nSPS) is 15.7. The van der Waals surface area contributed by atoms with Gasteiger partial charge in [-0.2, -0.15) is 5.10 Å². The smallest absolute Gasteiger partial charge is 0.231 e. The zero-order valence-electron chi connectivity index (χ0n) is 14.4. The van der Waals surface area contributed by atoms with Gasteiger partial charge in [-0.1, -0.05) is 12.1 Å². The first-order valence-corrected chi connectivity index (χ1v) is 8.43. The Labute approximate surface area is 151 Å². The number of H-pyrrole nitrogens is 1. The number of benzene rings is 2. The van der Waals surface area contributed by atoms with E-state index in [1.54, 1.807) is 13.3 Å². The lowest BCUT2D eigenvalue weighted by atomic mass is 9.95. The molecule has 1 aromatic heterocycles. The number of carbonyl (C=O) groups is 1. The van der Waals surface area contributed by atoms with Gasteiger partial charge in [-0.3, -0.25) is 9.89 Å². The second-order valence-corrected chi connectivity index (χ2v) is 6.24. The summed E-state index contributed by atoms with van der Waals surface area (Å²) in [6.07, 6.45) is 4.23. The number of methoxy groups -OCH3 is 1. The summed E-state index contributed by atoms with van der Waals surface area (Å²) in [4.78, 5) is 12.6. The van der Waals surface area contributed by atoms with Crippen LogP contribution in [0.5, 0.6) is 11.5 Å². The van der Waals surface area contributed by atoms with Crippen LogP contribution in [0.25, 0.3) is 11.1 Å². The summed E-state index contributed by atoms with van der Waals surface area (Å²) in [7, 11) is 1.63. The summed E-state index contributed by atoms with van der Waals surface area (Å²) in [5.74, 6) is 1.31. The molecule has 0 spiro atoms. The van der Waals surface area contributed by atoms with Crippen LogP contribution in [0, 0.1) is 5.92 Å². The first-order chi connectivity index (χ1) is 12.7. The third kappa shape index (κ3) is 3.26. The Hall–Kier alpha value is -3.28. The van der Waals surface area contributed by atoms with Crippen molar-refractivity contribution in [3.8, 4) is 22.6 Å². The number of fused-ring (bicyclic) bond motifs is 1. The van der Waals surface area contributed by atoms with Gasteiger partial charge in [0, 0.05) is 17.4 Å². The summed E-state index contributed by atoms with van der Waals surface area (Å²) >= 11 is 0. The van der Waals surface area contributed by atoms with Crippen LogP contribution >= 0.6 is 0 Å². The van der Waals surface area contributed by atoms with Gasteiger partial charge in [-0.15, -0.1) is 0 Å². The zero-order chi connectivity index (χ0) is 17.9. The van der Waals surface area contributed by atoms with Crippen molar-refractivity contribution in [1.82, 2.24) is 10.2 Å². The van der Waals surface area contributed by atoms with Crippen molar-refractivity contribution in [3.05, 3.63) is 60.4 Å². The number of hydrogen-bond donors (Lipinski definition) is 2. The van der Waals surface area contributed by atoms with E-state index in [4.69, 9.17) is 9.47 Å². The van der Waals surface area contributed by atoms with Gasteiger partial charge >= 0.3 is 0 Å². The van der Waals surface area contributed by atoms with E-state index in [2.05, 4.69) is 15.5 Å². The molecule has 2 N–H and O–H groups in total. The van der Waals surface area contributed by atoms with Crippen LogP contribution in [0.2, 0.25) is 0 Å². The molecular formula is C20H19N3O3. The predicted molar refractivity (Wildman–Crippen MR) is 98.3 cm³/mol. The van der Waals surface area contributed by atoms with Gasteiger partial charge < -0.3 is 14.8 Å². The minimum atomic E-state index is -0.233. The quantitative estimate of drug-likeness (QED) is 0.758. The lowest BCUT2D eigenvalue weighted by molar-refractivity contribution is -0.121. The van der Waals surface area contributed by atoms with Gasteiger partial charge in [0.25, 0.3) is 0 Å². The largest absolute Gasteiger partial charge is 0.497 e. The van der Waals surface area contributed by atoms with E-state index in [-0.39, 0.29) is 11.8 Å². The number of anilines is 1. The highest BCUT2D eigenvalue weighted by atomic mass is 16.5. The van der Waals surface area contributed by atoms with Crippen molar-refractivity contribution in [1.29, 1.82) is 0 Å². The topological polar surface area (TPSA) is 76.2 Å². The van der Waals surface area contributed by atoms with Gasteiger partial charge in [0.15, 0.2) is 0 Å². The molecule has 1 amide bonds. The van der Waals surface area contributed by atoms with Crippen LogP contribution in [0.1, 0.15) is 5.56 Å². The molecular weight excluding hydrogens is 330 g/mol. The maximum absolute atomic E-state index is 12.6. The Bertz CT molecular complexity index is 905. The molecule has 2 aromatic carbocycles. The van der Waals surface area contributed by atoms with Gasteiger partial charge in [0.05, 0.1) is 19.2 Å². The fraction of sp³-hybridized carbons (Fsp3) is 0.200. The van der Waals surface area contributed by atoms with Crippen molar-refractivity contribution < 1.29 is 14.3 Å². The number of amides is 1. The number of hydrogen-bond acceptors (Lipinski definition) is 4. The molecule has 1 atom stereocenters. The van der Waals surface area contributed by atoms with E-state index in [0.717, 1.165) is 33.9 Å². The summed E-state index contributed by atoms with van der Waals surface area (Å²) in [6.45, 7) is 0.373. The number of nitrogens with zero attached hydrogens (tertiary/aromatic N) is 1. The molecule has 2 heterocycles. The molecule has 0 saturated heterocycles. The van der Waals surface area contributed by atoms with E-state index >= 15 is 0 Å². The van der Waals surface area contributed by atoms with Gasteiger partial charge in [0.2, 0.25) is 5.91 Å². The summed E-state index contributed by atoms with van der Waals surface area (Å²) in [6, 6.07) is 13.4. The van der Waals surface area contributed by atoms with Gasteiger partial charge in [-0.25, -0.2) is 0 Å². The second-order valence-electron chi connectivity index (χ2n) is 6.24. The summed E-state index contributed by atoms with van der Waals surface area (Å²) in [5.41, 5.74) is 3.80. The monoisotopic (exact) mass is 349 g/mol. The number of aromatic amines is 1. The molecule has 132 valence electrons. The fourth-order valence-electron chi connectivity index (χ4n) is 3.07. The van der Waals surface area contributed by atoms with E-state index in [0.29, 0.717) is 13.0 Å². The van der Waals surface area contributed by atoms with Gasteiger partial charge in [-0.05, 0) is 47.9 Å². The van der Waals surface area contributed by atoms with Crippen molar-refractivity contribution in [2.45, 2.75) is 6.42 Å². The highest BCUT2D eigenvalue weighted by Gasteiger charge is 2.26. The average molecular weight is 349 g/mol. The number of rotatable bonds is 4. The molecule has 1 aliphatic heterocycles. The van der Waals surface area contributed by atoms with Crippen molar-refractivity contribution in [3.63, 3.8) is 0 Å². The lowest BCUT2D eigenvalue weighted by Gasteiger charge is -2.25. The Kier molecular flexibility index (Phi) is 4.31. The zero-order valence-corrected chi connectivity index (χ0v) is 14.4. The maximum atomic E-state index is 12.6. The molecule has 0 aliphatic carbocycles. The summed E-state index contributed by atoms with van der Waals surface area (Å²) in [5, 5.41) is 9.71. The number of aromatic nitrogens is 2. The molecule has 1 aliphatic rings. The molecule has 0 radical (unpaired) electrons. The molecule has 0 fully saturated rings. The van der Waals surface area contributed by atoms with E-state index in [1.807, 2.05) is 48.7 Å². The highest BCUT2D eigenvalue weighted by molar-refractivity contribution is 5.93. The first-order valence-electron chi connectivity index (χ1n) is 8.43. The van der Waals surface area contributed by atoms with Crippen molar-refractivity contribution >= 4 is 11.6 Å². The lowest BCUT2D eigenvalue weighted by Crippen LogP contribution is -2.32. The number of ether oxygens (including phenoxy) is 2. The van der Waals surface area contributed by atoms with Crippen LogP contribution in [0.4, 0.5) is 5.69 Å². The molecule has 0 bridgehead atoms. The molecule has 26 heavy (non-hydrogen) atoms. The summed E-state index contributed by atoms with van der Waals surface area (Å²) < 4.78 is 11.0. The Morgan fingerprint density at radius 2 is 2.08 bits per heavy atom. The number of carbonyl (C=O) groups excluding carboxylic acids is 1. The first kappa shape index (κ1) is 16.2. The standard InChI is InChI=1S/C20H19N3O3/c1-25-18-6-7-19-14(9-18)8-15(12-26-19)20(24)23-17-4-2-13(3-5-17)16-10-21-22-11-16/h2-7,9-11,15H,8,12H2,1H3,(H,21,22)(H,23,24)/t15-/m1/s1. The highest BCUT2D eigenvalue weighted by Crippen LogP contribution is 2.31. The van der Waals surface area contributed by atoms with Crippen LogP contribution in [-0.2, 0) is 11.2 Å². The fourth-order valence-corrected chi connectivity index (χ4v) is 3.07. The SMILES string of the molecule is COc1ccc2c(c1)C[C@@H](C(=O)Nc1ccc(-c3cn[nH]c3)cc1)CO2. The molecule has 6 heteroatoms. The van der Waals surface area contributed by atoms with E-state index in [9.17, 15) is 4.79 Å². The Morgan fingerprint density at radius 1 is 1.23 bits per heavy atom. The molecule has 4 rings (SSSR count). The van der Waals surface area contributed by atoms with Crippen LogP contribution < -0.4 is 14.8 Å². The van der Waals surface area contributed by atoms with Crippen molar-refractivity contribution in [2.24, 2.45) is 5.92 Å². The molecule has 3 aromatic rings. The predicted octanol–water partition coefficient (Wildman–Crippen LogP) is 3.28. The second kappa shape index (κ2) is 6.92. The minimum absolute atomic E-state index is 0.0467. The van der Waals surface area contributed by atoms with Crippen LogP contribution in [0.15, 0.2) is 54.9 Å². The van der Waals surface area contributed by atoms with Crippen LogP contribution in [-0.4, -0.2) is 29.8 Å². The molecule has 0 unspecified atom stereocenters.